The fourth-order valence-corrected chi connectivity index (χ4v) is 4.71. The maximum absolute atomic E-state index is 12.6. The Kier molecular flexibility index (Phi) is 7.26. The monoisotopic (exact) mass is 449 g/mol. The number of piperidine rings is 1. The van der Waals surface area contributed by atoms with Gasteiger partial charge in [0, 0.05) is 13.1 Å². The van der Waals surface area contributed by atoms with Gasteiger partial charge in [-0.1, -0.05) is 54.6 Å². The zero-order chi connectivity index (χ0) is 21.0. The number of halogens is 1. The van der Waals surface area contributed by atoms with Gasteiger partial charge < -0.3 is 9.47 Å². The zero-order valence-corrected chi connectivity index (χ0v) is 18.8. The van der Waals surface area contributed by atoms with Crippen LogP contribution in [0.25, 0.3) is 0 Å². The smallest absolute Gasteiger partial charge is 0.343 e. The average molecular weight is 450 g/mol. The van der Waals surface area contributed by atoms with Crippen LogP contribution in [0.4, 0.5) is 0 Å². The van der Waals surface area contributed by atoms with Gasteiger partial charge in [0.1, 0.15) is 5.75 Å². The van der Waals surface area contributed by atoms with Crippen LogP contribution in [0.2, 0.25) is 0 Å². The number of fused-ring (bicyclic) bond motifs is 1. The van der Waals surface area contributed by atoms with E-state index in [0.717, 1.165) is 32.5 Å². The normalized spacial score (nSPS) is 20.2. The molecule has 5 heteroatoms. The number of hydrogen-bond acceptors (Lipinski definition) is 4. The predicted molar refractivity (Wildman–Crippen MR) is 127 cm³/mol. The molecule has 2 unspecified atom stereocenters. The number of ether oxygens (including phenoxy) is 2. The van der Waals surface area contributed by atoms with Crippen molar-refractivity contribution in [2.75, 3.05) is 19.6 Å². The second kappa shape index (κ2) is 10.3. The van der Waals surface area contributed by atoms with Crippen LogP contribution in [0.3, 0.4) is 0 Å². The third kappa shape index (κ3) is 5.04. The summed E-state index contributed by atoms with van der Waals surface area (Å²) in [5.74, 6) is 0.671. The van der Waals surface area contributed by atoms with E-state index in [2.05, 4.69) is 35.2 Å². The number of esters is 1. The van der Waals surface area contributed by atoms with Crippen LogP contribution in [0.15, 0.2) is 78.9 Å². The quantitative estimate of drug-likeness (QED) is 0.365. The van der Waals surface area contributed by atoms with Gasteiger partial charge in [-0.25, -0.2) is 4.79 Å². The van der Waals surface area contributed by atoms with Crippen molar-refractivity contribution in [2.24, 2.45) is 0 Å². The number of carbonyl (C=O) groups is 1. The molecule has 0 aromatic heterocycles. The standard InChI is InChI=1S/C27H27NO3.ClH/c29-27(31-24-12-2-1-3-13-24)21-10-6-9-20(16-21)22-11-7-15-28(17-22)18-26-25-14-5-4-8-23(25)19-30-26;/h1-6,8-10,12-14,16,22,26H,7,11,15,17-19H2;1H. The lowest BCUT2D eigenvalue weighted by Gasteiger charge is -2.34. The zero-order valence-electron chi connectivity index (χ0n) is 18.0. The highest BCUT2D eigenvalue weighted by Crippen LogP contribution is 2.34. The van der Waals surface area contributed by atoms with E-state index < -0.39 is 0 Å². The first-order valence-electron chi connectivity index (χ1n) is 11.1. The van der Waals surface area contributed by atoms with E-state index >= 15 is 0 Å². The Morgan fingerprint density at radius 1 is 1.00 bits per heavy atom. The number of nitrogens with zero attached hydrogens (tertiary/aromatic N) is 1. The van der Waals surface area contributed by atoms with Crippen LogP contribution in [0.5, 0.6) is 5.75 Å². The molecule has 0 amide bonds. The minimum absolute atomic E-state index is 0. The first-order valence-corrected chi connectivity index (χ1v) is 11.1. The van der Waals surface area contributed by atoms with Crippen LogP contribution in [-0.4, -0.2) is 30.5 Å². The Hall–Kier alpha value is -2.66. The lowest BCUT2D eigenvalue weighted by Crippen LogP contribution is -2.37. The summed E-state index contributed by atoms with van der Waals surface area (Å²) in [5, 5.41) is 0. The van der Waals surface area contributed by atoms with Crippen molar-refractivity contribution in [1.82, 2.24) is 4.90 Å². The van der Waals surface area contributed by atoms with Crippen molar-refractivity contribution in [3.63, 3.8) is 0 Å². The van der Waals surface area contributed by atoms with Crippen LogP contribution in [0.1, 0.15) is 51.9 Å². The summed E-state index contributed by atoms with van der Waals surface area (Å²) in [6.07, 6.45) is 2.44. The molecule has 3 aromatic rings. The fraction of sp³-hybridized carbons (Fsp3) is 0.296. The highest BCUT2D eigenvalue weighted by atomic mass is 35.5. The van der Waals surface area contributed by atoms with Crippen LogP contribution in [-0.2, 0) is 11.3 Å². The van der Waals surface area contributed by atoms with Gasteiger partial charge in [0.05, 0.1) is 18.3 Å². The highest BCUT2D eigenvalue weighted by Gasteiger charge is 2.28. The fourth-order valence-electron chi connectivity index (χ4n) is 4.71. The molecule has 2 aliphatic rings. The van der Waals surface area contributed by atoms with Gasteiger partial charge >= 0.3 is 5.97 Å². The molecular weight excluding hydrogens is 422 g/mol. The van der Waals surface area contributed by atoms with Gasteiger partial charge in [0.25, 0.3) is 0 Å². The predicted octanol–water partition coefficient (Wildman–Crippen LogP) is 5.78. The molecule has 0 bridgehead atoms. The molecule has 0 aliphatic carbocycles. The average Bonchev–Trinajstić information content (AvgIpc) is 3.23. The summed E-state index contributed by atoms with van der Waals surface area (Å²) in [4.78, 5) is 15.1. The van der Waals surface area contributed by atoms with E-state index in [-0.39, 0.29) is 24.5 Å². The third-order valence-corrected chi connectivity index (χ3v) is 6.32. The van der Waals surface area contributed by atoms with Crippen molar-refractivity contribution < 1.29 is 14.3 Å². The summed E-state index contributed by atoms with van der Waals surface area (Å²) < 4.78 is 11.6. The summed E-state index contributed by atoms with van der Waals surface area (Å²) >= 11 is 0. The number of carbonyl (C=O) groups excluding carboxylic acids is 1. The Bertz CT molecular complexity index is 1060. The molecule has 2 aliphatic heterocycles. The SMILES string of the molecule is Cl.O=C(Oc1ccccc1)c1cccc(C2CCCN(CC3OCc4ccccc43)C2)c1. The number of benzene rings is 3. The van der Waals surface area contributed by atoms with E-state index in [0.29, 0.717) is 23.8 Å². The van der Waals surface area contributed by atoms with E-state index in [4.69, 9.17) is 9.47 Å². The van der Waals surface area contributed by atoms with Crippen molar-refractivity contribution in [1.29, 1.82) is 0 Å². The van der Waals surface area contributed by atoms with Crippen LogP contribution >= 0.6 is 12.4 Å². The van der Waals surface area contributed by atoms with Crippen molar-refractivity contribution >= 4 is 18.4 Å². The molecule has 3 aromatic carbocycles. The molecule has 2 atom stereocenters. The van der Waals surface area contributed by atoms with Gasteiger partial charge in [-0.05, 0) is 66.3 Å². The van der Waals surface area contributed by atoms with Gasteiger partial charge in [0.15, 0.2) is 0 Å². The minimum Gasteiger partial charge on any atom is -0.423 e. The first kappa shape index (κ1) is 22.5. The van der Waals surface area contributed by atoms with Crippen LogP contribution in [0, 0.1) is 0 Å². The number of para-hydroxylation sites is 1. The molecule has 1 fully saturated rings. The van der Waals surface area contributed by atoms with E-state index in [1.807, 2.05) is 36.4 Å². The Balaban J connectivity index is 0.00000245. The van der Waals surface area contributed by atoms with E-state index in [9.17, 15) is 4.79 Å². The number of likely N-dealkylation sites (tertiary alicyclic amines) is 1. The molecule has 0 radical (unpaired) electrons. The summed E-state index contributed by atoms with van der Waals surface area (Å²) in [7, 11) is 0. The number of hydrogen-bond donors (Lipinski definition) is 0. The highest BCUT2D eigenvalue weighted by molar-refractivity contribution is 5.91. The molecule has 166 valence electrons. The van der Waals surface area contributed by atoms with Gasteiger partial charge in [-0.15, -0.1) is 12.4 Å². The molecule has 1 saturated heterocycles. The molecule has 4 nitrogen and oxygen atoms in total. The molecule has 5 rings (SSSR count). The van der Waals surface area contributed by atoms with E-state index in [1.54, 1.807) is 12.1 Å². The van der Waals surface area contributed by atoms with E-state index in [1.165, 1.54) is 16.7 Å². The lowest BCUT2D eigenvalue weighted by molar-refractivity contribution is 0.0297. The maximum atomic E-state index is 12.6. The van der Waals surface area contributed by atoms with Crippen LogP contribution < -0.4 is 4.74 Å². The Labute approximate surface area is 195 Å². The molecule has 0 saturated carbocycles. The van der Waals surface area contributed by atoms with Crippen molar-refractivity contribution in [3.8, 4) is 5.75 Å². The second-order valence-corrected chi connectivity index (χ2v) is 8.43. The molecule has 0 spiro atoms. The molecule has 32 heavy (non-hydrogen) atoms. The summed E-state index contributed by atoms with van der Waals surface area (Å²) in [5.41, 5.74) is 4.45. The number of rotatable bonds is 5. The van der Waals surface area contributed by atoms with Crippen molar-refractivity contribution in [2.45, 2.75) is 31.5 Å². The summed E-state index contributed by atoms with van der Waals surface area (Å²) in [6.45, 7) is 3.71. The molecule has 0 N–H and O–H groups in total. The second-order valence-electron chi connectivity index (χ2n) is 8.43. The minimum atomic E-state index is -0.309. The summed E-state index contributed by atoms with van der Waals surface area (Å²) in [6, 6.07) is 25.7. The topological polar surface area (TPSA) is 38.8 Å². The Morgan fingerprint density at radius 3 is 2.69 bits per heavy atom. The van der Waals surface area contributed by atoms with Gasteiger partial charge in [-0.2, -0.15) is 0 Å². The maximum Gasteiger partial charge on any atom is 0.343 e. The van der Waals surface area contributed by atoms with Gasteiger partial charge in [0.2, 0.25) is 0 Å². The van der Waals surface area contributed by atoms with Crippen molar-refractivity contribution in [3.05, 3.63) is 101 Å². The molecular formula is C27H28ClNO3. The Morgan fingerprint density at radius 2 is 1.81 bits per heavy atom. The first-order chi connectivity index (χ1) is 15.3. The molecule has 2 heterocycles. The third-order valence-electron chi connectivity index (χ3n) is 6.32. The lowest BCUT2D eigenvalue weighted by atomic mass is 9.89. The van der Waals surface area contributed by atoms with Gasteiger partial charge in [-0.3, -0.25) is 4.90 Å². The largest absolute Gasteiger partial charge is 0.423 e.